The highest BCUT2D eigenvalue weighted by Crippen LogP contribution is 2.32. The summed E-state index contributed by atoms with van der Waals surface area (Å²) < 4.78 is 0. The maximum atomic E-state index is 11.6. The molecule has 2 fully saturated rings. The van der Waals surface area contributed by atoms with Crippen LogP contribution in [0.15, 0.2) is 0 Å². The zero-order valence-corrected chi connectivity index (χ0v) is 8.96. The van der Waals surface area contributed by atoms with E-state index in [1.165, 1.54) is 19.3 Å². The molecule has 1 aliphatic heterocycles. The topological polar surface area (TPSA) is 32.3 Å². The largest absolute Gasteiger partial charge is 0.326 e. The van der Waals surface area contributed by atoms with E-state index in [0.717, 1.165) is 25.3 Å². The van der Waals surface area contributed by atoms with Gasteiger partial charge >= 0.3 is 0 Å². The van der Waals surface area contributed by atoms with Gasteiger partial charge in [-0.25, -0.2) is 0 Å². The third-order valence-corrected chi connectivity index (χ3v) is 3.22. The monoisotopic (exact) mass is 196 g/mol. The lowest BCUT2D eigenvalue weighted by molar-refractivity contribution is -0.128. The third-order valence-electron chi connectivity index (χ3n) is 3.22. The predicted octanol–water partition coefficient (Wildman–Crippen LogP) is 1.34. The Balaban J connectivity index is 1.80. The average Bonchev–Trinajstić information content (AvgIpc) is 2.93. The van der Waals surface area contributed by atoms with Crippen LogP contribution in [0.3, 0.4) is 0 Å². The fourth-order valence-corrected chi connectivity index (χ4v) is 2.13. The molecule has 1 unspecified atom stereocenters. The van der Waals surface area contributed by atoms with Crippen LogP contribution in [0.25, 0.3) is 0 Å². The molecule has 0 radical (unpaired) electrons. The maximum absolute atomic E-state index is 11.6. The van der Waals surface area contributed by atoms with Crippen LogP contribution in [0.1, 0.15) is 39.0 Å². The molecule has 0 aromatic rings. The maximum Gasteiger partial charge on any atom is 0.237 e. The second-order valence-electron chi connectivity index (χ2n) is 4.50. The van der Waals surface area contributed by atoms with Crippen LogP contribution in [0.5, 0.6) is 0 Å². The Bertz CT molecular complexity index is 213. The molecule has 1 saturated carbocycles. The molecule has 3 nitrogen and oxygen atoms in total. The second kappa shape index (κ2) is 4.30. The van der Waals surface area contributed by atoms with Crippen molar-refractivity contribution in [1.29, 1.82) is 0 Å². The molecule has 2 rings (SSSR count). The Morgan fingerprint density at radius 1 is 1.43 bits per heavy atom. The van der Waals surface area contributed by atoms with Crippen molar-refractivity contribution < 1.29 is 4.79 Å². The van der Waals surface area contributed by atoms with E-state index in [2.05, 4.69) is 12.2 Å². The fourth-order valence-electron chi connectivity index (χ4n) is 2.13. The van der Waals surface area contributed by atoms with Crippen molar-refractivity contribution in [3.05, 3.63) is 0 Å². The van der Waals surface area contributed by atoms with Crippen molar-refractivity contribution in [1.82, 2.24) is 10.2 Å². The molecule has 1 heterocycles. The Kier molecular flexibility index (Phi) is 3.06. The number of hydrogen-bond acceptors (Lipinski definition) is 2. The minimum absolute atomic E-state index is 0.295. The van der Waals surface area contributed by atoms with Gasteiger partial charge in [0.15, 0.2) is 0 Å². The van der Waals surface area contributed by atoms with Gasteiger partial charge in [0.1, 0.15) is 0 Å². The molecule has 1 saturated heterocycles. The average molecular weight is 196 g/mol. The minimum Gasteiger partial charge on any atom is -0.326 e. The van der Waals surface area contributed by atoms with Crippen molar-refractivity contribution in [3.63, 3.8) is 0 Å². The number of hydrogen-bond donors (Lipinski definition) is 1. The molecule has 0 spiro atoms. The van der Waals surface area contributed by atoms with Crippen molar-refractivity contribution >= 4 is 5.91 Å². The van der Waals surface area contributed by atoms with Crippen LogP contribution in [-0.2, 0) is 4.79 Å². The second-order valence-corrected chi connectivity index (χ2v) is 4.50. The molecule has 0 aromatic heterocycles. The van der Waals surface area contributed by atoms with Crippen molar-refractivity contribution in [2.75, 3.05) is 13.1 Å². The van der Waals surface area contributed by atoms with E-state index >= 15 is 0 Å². The zero-order chi connectivity index (χ0) is 9.97. The fraction of sp³-hybridized carbons (Fsp3) is 0.909. The summed E-state index contributed by atoms with van der Waals surface area (Å²) in [5.74, 6) is 1.22. The summed E-state index contributed by atoms with van der Waals surface area (Å²) in [5, 5.41) is 3.28. The molecule has 1 atom stereocenters. The van der Waals surface area contributed by atoms with Gasteiger partial charge in [-0.3, -0.25) is 10.1 Å². The normalized spacial score (nSPS) is 27.4. The molecule has 0 bridgehead atoms. The lowest BCUT2D eigenvalue weighted by Crippen LogP contribution is -2.38. The predicted molar refractivity (Wildman–Crippen MR) is 55.8 cm³/mol. The molecule has 1 N–H and O–H groups in total. The van der Waals surface area contributed by atoms with Gasteiger partial charge in [0.25, 0.3) is 0 Å². The van der Waals surface area contributed by atoms with E-state index in [-0.39, 0.29) is 0 Å². The highest BCUT2D eigenvalue weighted by atomic mass is 16.2. The summed E-state index contributed by atoms with van der Waals surface area (Å²) in [4.78, 5) is 13.6. The van der Waals surface area contributed by atoms with Crippen LogP contribution in [0.2, 0.25) is 0 Å². The first-order valence-electron chi connectivity index (χ1n) is 5.84. The summed E-state index contributed by atoms with van der Waals surface area (Å²) in [5.41, 5.74) is 0. The molecule has 1 aliphatic carbocycles. The molecule has 0 aromatic carbocycles. The lowest BCUT2D eigenvalue weighted by atomic mass is 10.2. The first kappa shape index (κ1) is 9.97. The molecule has 3 heteroatoms. The van der Waals surface area contributed by atoms with Gasteiger partial charge in [-0.1, -0.05) is 26.2 Å². The van der Waals surface area contributed by atoms with Crippen molar-refractivity contribution in [3.8, 4) is 0 Å². The highest BCUT2D eigenvalue weighted by Gasteiger charge is 2.31. The smallest absolute Gasteiger partial charge is 0.237 e. The Hall–Kier alpha value is -0.570. The number of nitrogens with one attached hydrogen (secondary N) is 1. The van der Waals surface area contributed by atoms with E-state index in [1.54, 1.807) is 0 Å². The summed E-state index contributed by atoms with van der Waals surface area (Å²) in [7, 11) is 0. The Morgan fingerprint density at radius 3 is 2.86 bits per heavy atom. The summed E-state index contributed by atoms with van der Waals surface area (Å²) >= 11 is 0. The van der Waals surface area contributed by atoms with Gasteiger partial charge in [0, 0.05) is 6.54 Å². The molecule has 80 valence electrons. The van der Waals surface area contributed by atoms with Gasteiger partial charge in [-0.05, 0) is 18.8 Å². The Morgan fingerprint density at radius 2 is 2.21 bits per heavy atom. The number of carbonyl (C=O) groups is 1. The van der Waals surface area contributed by atoms with Crippen molar-refractivity contribution in [2.24, 2.45) is 5.92 Å². The first-order valence-corrected chi connectivity index (χ1v) is 5.84. The van der Waals surface area contributed by atoms with Crippen molar-refractivity contribution in [2.45, 2.75) is 45.2 Å². The summed E-state index contributed by atoms with van der Waals surface area (Å²) in [6.45, 7) is 3.69. The molecule has 1 amide bonds. The zero-order valence-electron chi connectivity index (χ0n) is 8.96. The minimum atomic E-state index is 0.295. The quantitative estimate of drug-likeness (QED) is 0.719. The molecular weight excluding hydrogens is 176 g/mol. The molecular formula is C11H20N2O. The van der Waals surface area contributed by atoms with E-state index < -0.39 is 0 Å². The van der Waals surface area contributed by atoms with Crippen LogP contribution in [-0.4, -0.2) is 30.1 Å². The van der Waals surface area contributed by atoms with E-state index in [1.807, 2.05) is 4.90 Å². The number of nitrogens with zero attached hydrogens (tertiary/aromatic N) is 1. The SMILES string of the molecule is CCCC1NCC(=O)N1CCC1CC1. The van der Waals surface area contributed by atoms with Gasteiger partial charge in [-0.2, -0.15) is 0 Å². The van der Waals surface area contributed by atoms with E-state index in [0.29, 0.717) is 18.6 Å². The van der Waals surface area contributed by atoms with Gasteiger partial charge in [0.2, 0.25) is 5.91 Å². The van der Waals surface area contributed by atoms with Crippen LogP contribution in [0, 0.1) is 5.92 Å². The van der Waals surface area contributed by atoms with Crippen LogP contribution >= 0.6 is 0 Å². The summed E-state index contributed by atoms with van der Waals surface area (Å²) in [6, 6.07) is 0. The van der Waals surface area contributed by atoms with E-state index in [4.69, 9.17) is 0 Å². The first-order chi connectivity index (χ1) is 6.81. The standard InChI is InChI=1S/C11H20N2O/c1-2-3-10-12-8-11(14)13(10)7-6-9-4-5-9/h9-10,12H,2-8H2,1H3. The molecule has 14 heavy (non-hydrogen) atoms. The van der Waals surface area contributed by atoms with E-state index in [9.17, 15) is 4.79 Å². The van der Waals surface area contributed by atoms with Crippen LogP contribution < -0.4 is 5.32 Å². The number of amides is 1. The molecule has 2 aliphatic rings. The lowest BCUT2D eigenvalue weighted by Gasteiger charge is -2.23. The Labute approximate surface area is 85.8 Å². The third kappa shape index (κ3) is 2.27. The van der Waals surface area contributed by atoms with Gasteiger partial charge in [-0.15, -0.1) is 0 Å². The number of rotatable bonds is 5. The number of carbonyl (C=O) groups excluding carboxylic acids is 1. The summed E-state index contributed by atoms with van der Waals surface area (Å²) in [6.07, 6.45) is 6.54. The van der Waals surface area contributed by atoms with Gasteiger partial charge < -0.3 is 4.90 Å². The highest BCUT2D eigenvalue weighted by molar-refractivity contribution is 5.80. The van der Waals surface area contributed by atoms with Crippen LogP contribution in [0.4, 0.5) is 0 Å². The van der Waals surface area contributed by atoms with Gasteiger partial charge in [0.05, 0.1) is 12.7 Å².